The predicted molar refractivity (Wildman–Crippen MR) is 93.9 cm³/mol. The molecule has 1 aromatic carbocycles. The van der Waals surface area contributed by atoms with Gasteiger partial charge in [-0.05, 0) is 44.4 Å². The van der Waals surface area contributed by atoms with Gasteiger partial charge < -0.3 is 5.32 Å². The molecule has 0 spiro atoms. The van der Waals surface area contributed by atoms with Crippen molar-refractivity contribution in [1.29, 1.82) is 0 Å². The summed E-state index contributed by atoms with van der Waals surface area (Å²) in [6.45, 7) is 1.71. The van der Waals surface area contributed by atoms with Gasteiger partial charge in [-0.1, -0.05) is 0 Å². The number of aromatic nitrogens is 2. The van der Waals surface area contributed by atoms with Gasteiger partial charge in [0.2, 0.25) is 0 Å². The standard InChI is InChI=1S/C18H15F2N5O2/c1-9-7-15(22-16(26)10-5-6-12(19)13(20)8-10)25(24-9)18-21-14-4-2-3-11(14)17(27)23-18/h5-8,11H,2-4H2,1H3,(H,22,26). The molecular formula is C18H15F2N5O2. The first-order valence-corrected chi connectivity index (χ1v) is 8.46. The number of rotatable bonds is 2. The number of halogens is 2. The molecule has 0 bridgehead atoms. The molecule has 1 saturated carbocycles. The van der Waals surface area contributed by atoms with Crippen LogP contribution in [0.1, 0.15) is 35.3 Å². The van der Waals surface area contributed by atoms with Gasteiger partial charge in [0, 0.05) is 17.3 Å². The van der Waals surface area contributed by atoms with Gasteiger partial charge in [0.15, 0.2) is 11.6 Å². The van der Waals surface area contributed by atoms with E-state index in [9.17, 15) is 18.4 Å². The number of nitrogens with one attached hydrogen (secondary N) is 1. The van der Waals surface area contributed by atoms with Gasteiger partial charge in [0.25, 0.3) is 17.8 Å². The van der Waals surface area contributed by atoms with Gasteiger partial charge in [-0.25, -0.2) is 13.8 Å². The van der Waals surface area contributed by atoms with Crippen LogP contribution in [0.25, 0.3) is 0 Å². The minimum Gasteiger partial charge on any atom is -0.306 e. The van der Waals surface area contributed by atoms with Gasteiger partial charge in [0.1, 0.15) is 5.82 Å². The van der Waals surface area contributed by atoms with Crippen molar-refractivity contribution in [2.24, 2.45) is 15.9 Å². The lowest BCUT2D eigenvalue weighted by Gasteiger charge is -2.15. The molecule has 1 N–H and O–H groups in total. The zero-order chi connectivity index (χ0) is 19.1. The first-order chi connectivity index (χ1) is 12.9. The Morgan fingerprint density at radius 1 is 1.22 bits per heavy atom. The molecule has 7 nitrogen and oxygen atoms in total. The molecular weight excluding hydrogens is 356 g/mol. The van der Waals surface area contributed by atoms with E-state index in [1.807, 2.05) is 0 Å². The molecule has 1 aromatic heterocycles. The monoisotopic (exact) mass is 371 g/mol. The number of amides is 2. The van der Waals surface area contributed by atoms with E-state index in [1.54, 1.807) is 13.0 Å². The molecule has 1 aliphatic heterocycles. The summed E-state index contributed by atoms with van der Waals surface area (Å²) in [7, 11) is 0. The molecule has 2 aromatic rings. The third-order valence-corrected chi connectivity index (χ3v) is 4.52. The summed E-state index contributed by atoms with van der Waals surface area (Å²) >= 11 is 0. The third-order valence-electron chi connectivity index (χ3n) is 4.52. The maximum absolute atomic E-state index is 13.4. The van der Waals surface area contributed by atoms with Crippen LogP contribution in [-0.2, 0) is 4.79 Å². The molecule has 1 fully saturated rings. The van der Waals surface area contributed by atoms with E-state index in [-0.39, 0.29) is 29.2 Å². The minimum absolute atomic E-state index is 0.0527. The first-order valence-electron chi connectivity index (χ1n) is 8.46. The number of aryl methyl sites for hydroxylation is 1. The lowest BCUT2D eigenvalue weighted by atomic mass is 10.1. The summed E-state index contributed by atoms with van der Waals surface area (Å²) in [5, 5.41) is 6.82. The number of aliphatic imine (C=N–C) groups is 2. The lowest BCUT2D eigenvalue weighted by molar-refractivity contribution is -0.119. The maximum atomic E-state index is 13.4. The van der Waals surface area contributed by atoms with Crippen molar-refractivity contribution in [2.45, 2.75) is 26.2 Å². The summed E-state index contributed by atoms with van der Waals surface area (Å²) < 4.78 is 27.7. The summed E-state index contributed by atoms with van der Waals surface area (Å²) in [5.74, 6) is -3.01. The molecule has 1 aliphatic carbocycles. The molecule has 0 radical (unpaired) electrons. The van der Waals surface area contributed by atoms with Gasteiger partial charge in [-0.3, -0.25) is 9.59 Å². The van der Waals surface area contributed by atoms with Crippen molar-refractivity contribution in [3.63, 3.8) is 0 Å². The van der Waals surface area contributed by atoms with Crippen LogP contribution in [0.3, 0.4) is 0 Å². The quantitative estimate of drug-likeness (QED) is 0.880. The molecule has 2 aliphatic rings. The molecule has 0 saturated heterocycles. The van der Waals surface area contributed by atoms with Crippen LogP contribution in [0.15, 0.2) is 34.3 Å². The normalized spacial score (nSPS) is 18.8. The first kappa shape index (κ1) is 17.2. The number of hydrogen-bond acceptors (Lipinski definition) is 4. The highest BCUT2D eigenvalue weighted by atomic mass is 19.2. The van der Waals surface area contributed by atoms with Crippen LogP contribution >= 0.6 is 0 Å². The number of nitrogens with zero attached hydrogens (tertiary/aromatic N) is 4. The van der Waals surface area contributed by atoms with E-state index < -0.39 is 17.5 Å². The second-order valence-electron chi connectivity index (χ2n) is 6.46. The number of carbonyl (C=O) groups is 2. The lowest BCUT2D eigenvalue weighted by Crippen LogP contribution is -2.29. The second-order valence-corrected chi connectivity index (χ2v) is 6.46. The van der Waals surface area contributed by atoms with Gasteiger partial charge >= 0.3 is 0 Å². The number of hydrogen-bond donors (Lipinski definition) is 1. The highest BCUT2D eigenvalue weighted by Gasteiger charge is 2.33. The molecule has 2 amide bonds. The van der Waals surface area contributed by atoms with Crippen LogP contribution in [0.4, 0.5) is 14.6 Å². The Labute approximate surface area is 152 Å². The number of carbonyl (C=O) groups excluding carboxylic acids is 2. The Morgan fingerprint density at radius 2 is 2.04 bits per heavy atom. The average Bonchev–Trinajstić information content (AvgIpc) is 3.24. The maximum Gasteiger partial charge on any atom is 0.257 e. The summed E-state index contributed by atoms with van der Waals surface area (Å²) in [6.07, 6.45) is 2.36. The molecule has 9 heteroatoms. The van der Waals surface area contributed by atoms with Crippen LogP contribution in [0.2, 0.25) is 0 Å². The van der Waals surface area contributed by atoms with Crippen molar-refractivity contribution in [1.82, 2.24) is 9.78 Å². The summed E-state index contributed by atoms with van der Waals surface area (Å²) in [5.41, 5.74) is 1.29. The number of fused-ring (bicyclic) bond motifs is 1. The van der Waals surface area contributed by atoms with E-state index in [2.05, 4.69) is 20.4 Å². The van der Waals surface area contributed by atoms with E-state index in [1.165, 1.54) is 10.7 Å². The van der Waals surface area contributed by atoms with Gasteiger partial charge in [-0.15, -0.1) is 0 Å². The van der Waals surface area contributed by atoms with Crippen LogP contribution in [-0.4, -0.2) is 33.3 Å². The van der Waals surface area contributed by atoms with Crippen molar-refractivity contribution in [3.05, 3.63) is 47.2 Å². The predicted octanol–water partition coefficient (Wildman–Crippen LogP) is 2.71. The molecule has 27 heavy (non-hydrogen) atoms. The van der Waals surface area contributed by atoms with E-state index in [0.29, 0.717) is 5.69 Å². The van der Waals surface area contributed by atoms with Crippen LogP contribution in [0.5, 0.6) is 0 Å². The topological polar surface area (TPSA) is 88.7 Å². The van der Waals surface area contributed by atoms with Gasteiger partial charge in [0.05, 0.1) is 11.6 Å². The van der Waals surface area contributed by atoms with Crippen LogP contribution in [0, 0.1) is 24.5 Å². The highest BCUT2D eigenvalue weighted by Crippen LogP contribution is 2.27. The van der Waals surface area contributed by atoms with Crippen LogP contribution < -0.4 is 5.32 Å². The van der Waals surface area contributed by atoms with Crippen molar-refractivity contribution in [2.75, 3.05) is 5.32 Å². The number of anilines is 1. The highest BCUT2D eigenvalue weighted by molar-refractivity contribution is 6.17. The minimum atomic E-state index is -1.12. The fraction of sp³-hybridized carbons (Fsp3) is 0.278. The Hall–Kier alpha value is -3.23. The fourth-order valence-corrected chi connectivity index (χ4v) is 3.22. The Balaban J connectivity index is 1.65. The van der Waals surface area contributed by atoms with Crippen molar-refractivity contribution in [3.8, 4) is 0 Å². The SMILES string of the molecule is Cc1cc(NC(=O)c2ccc(F)c(F)c2)n(C2=NC(=O)C3CCCC3=N2)n1. The fourth-order valence-electron chi connectivity index (χ4n) is 3.22. The van der Waals surface area contributed by atoms with Crippen molar-refractivity contribution >= 4 is 29.3 Å². The Morgan fingerprint density at radius 3 is 2.81 bits per heavy atom. The third kappa shape index (κ3) is 3.16. The largest absolute Gasteiger partial charge is 0.306 e. The zero-order valence-corrected chi connectivity index (χ0v) is 14.4. The second kappa shape index (κ2) is 6.49. The summed E-state index contributed by atoms with van der Waals surface area (Å²) in [6, 6.07) is 4.43. The van der Waals surface area contributed by atoms with E-state index in [4.69, 9.17) is 0 Å². The molecule has 1 atom stereocenters. The molecule has 138 valence electrons. The summed E-state index contributed by atoms with van der Waals surface area (Å²) in [4.78, 5) is 33.0. The van der Waals surface area contributed by atoms with E-state index >= 15 is 0 Å². The Bertz CT molecular complexity index is 1020. The molecule has 2 heterocycles. The zero-order valence-electron chi connectivity index (χ0n) is 14.4. The smallest absolute Gasteiger partial charge is 0.257 e. The molecule has 1 unspecified atom stereocenters. The van der Waals surface area contributed by atoms with Crippen molar-refractivity contribution < 1.29 is 18.4 Å². The van der Waals surface area contributed by atoms with E-state index in [0.717, 1.165) is 37.1 Å². The van der Waals surface area contributed by atoms with Gasteiger partial charge in [-0.2, -0.15) is 14.8 Å². The Kier molecular flexibility index (Phi) is 4.14. The number of benzene rings is 1. The molecule has 4 rings (SSSR count). The average molecular weight is 371 g/mol.